The topological polar surface area (TPSA) is 67.1 Å². The Hall–Kier alpha value is -2.02. The fourth-order valence-corrected chi connectivity index (χ4v) is 3.76. The van der Waals surface area contributed by atoms with Gasteiger partial charge in [-0.1, -0.05) is 0 Å². The Balaban J connectivity index is 1.55. The van der Waals surface area contributed by atoms with E-state index < -0.39 is 0 Å². The molecular weight excluding hydrogens is 320 g/mol. The van der Waals surface area contributed by atoms with E-state index in [1.54, 1.807) is 10.9 Å². The van der Waals surface area contributed by atoms with E-state index in [1.807, 2.05) is 49.4 Å². The summed E-state index contributed by atoms with van der Waals surface area (Å²) in [5, 5.41) is 11.9. The zero-order chi connectivity index (χ0) is 16.8. The Morgan fingerprint density at radius 2 is 2.33 bits per heavy atom. The first-order chi connectivity index (χ1) is 11.8. The monoisotopic (exact) mass is 344 g/mol. The van der Waals surface area contributed by atoms with Crippen molar-refractivity contribution in [1.82, 2.24) is 25.4 Å². The molecule has 24 heavy (non-hydrogen) atoms. The van der Waals surface area contributed by atoms with Gasteiger partial charge < -0.3 is 10.6 Å². The first kappa shape index (κ1) is 16.8. The number of pyridine rings is 1. The van der Waals surface area contributed by atoms with Crippen LogP contribution in [0.5, 0.6) is 0 Å². The number of hydrogen-bond donors (Lipinski definition) is 2. The van der Waals surface area contributed by atoms with Crippen LogP contribution in [0.1, 0.15) is 24.8 Å². The van der Waals surface area contributed by atoms with Crippen LogP contribution in [-0.4, -0.2) is 45.3 Å². The van der Waals surface area contributed by atoms with Gasteiger partial charge in [0, 0.05) is 43.5 Å². The normalized spacial score (nSPS) is 21.0. The van der Waals surface area contributed by atoms with Crippen LogP contribution in [0.15, 0.2) is 41.8 Å². The standard InChI is InChI=1S/C17H24N6S/c1-18-17(22-14-4-5-15(11-14)24-2)20-12-13-6-8-19-16(10-13)23-9-3-7-21-23/h3,6-10,14-15H,4-5,11-12H2,1-2H3,(H2,18,20,22). The minimum Gasteiger partial charge on any atom is -0.354 e. The average molecular weight is 344 g/mol. The number of aromatic nitrogens is 3. The summed E-state index contributed by atoms with van der Waals surface area (Å²) in [4.78, 5) is 8.70. The van der Waals surface area contributed by atoms with Crippen molar-refractivity contribution >= 4 is 17.7 Å². The van der Waals surface area contributed by atoms with Gasteiger partial charge in [-0.15, -0.1) is 0 Å². The van der Waals surface area contributed by atoms with Gasteiger partial charge in [-0.25, -0.2) is 9.67 Å². The third kappa shape index (κ3) is 4.29. The summed E-state index contributed by atoms with van der Waals surface area (Å²) in [6.45, 7) is 0.704. The molecule has 0 aliphatic heterocycles. The number of rotatable bonds is 5. The smallest absolute Gasteiger partial charge is 0.191 e. The van der Waals surface area contributed by atoms with E-state index in [0.717, 1.165) is 22.6 Å². The van der Waals surface area contributed by atoms with Crippen LogP contribution in [0.4, 0.5) is 0 Å². The third-order valence-corrected chi connectivity index (χ3v) is 5.39. The van der Waals surface area contributed by atoms with Gasteiger partial charge in [0.15, 0.2) is 11.8 Å². The van der Waals surface area contributed by atoms with Crippen molar-refractivity contribution in [2.45, 2.75) is 37.1 Å². The van der Waals surface area contributed by atoms with E-state index in [1.165, 1.54) is 19.3 Å². The summed E-state index contributed by atoms with van der Waals surface area (Å²) < 4.78 is 1.76. The van der Waals surface area contributed by atoms with Gasteiger partial charge in [0.05, 0.1) is 0 Å². The maximum Gasteiger partial charge on any atom is 0.191 e. The first-order valence-electron chi connectivity index (χ1n) is 8.23. The summed E-state index contributed by atoms with van der Waals surface area (Å²) >= 11 is 1.97. The highest BCUT2D eigenvalue weighted by Gasteiger charge is 2.24. The maximum absolute atomic E-state index is 4.35. The molecule has 2 unspecified atom stereocenters. The summed E-state index contributed by atoms with van der Waals surface area (Å²) in [6, 6.07) is 6.45. The molecular formula is C17H24N6S. The maximum atomic E-state index is 4.35. The quantitative estimate of drug-likeness (QED) is 0.643. The Morgan fingerprint density at radius 1 is 1.42 bits per heavy atom. The fourth-order valence-electron chi connectivity index (χ4n) is 2.96. The van der Waals surface area contributed by atoms with Gasteiger partial charge in [0.2, 0.25) is 0 Å². The Kier molecular flexibility index (Phi) is 5.74. The summed E-state index contributed by atoms with van der Waals surface area (Å²) in [6.07, 6.45) is 11.4. The molecule has 2 N–H and O–H groups in total. The van der Waals surface area contributed by atoms with Gasteiger partial charge in [-0.3, -0.25) is 4.99 Å². The van der Waals surface area contributed by atoms with Gasteiger partial charge >= 0.3 is 0 Å². The molecule has 0 bridgehead atoms. The predicted octanol–water partition coefficient (Wildman–Crippen LogP) is 2.22. The highest BCUT2D eigenvalue weighted by Crippen LogP contribution is 2.27. The number of thioether (sulfide) groups is 1. The van der Waals surface area contributed by atoms with E-state index in [0.29, 0.717) is 12.6 Å². The highest BCUT2D eigenvalue weighted by molar-refractivity contribution is 7.99. The van der Waals surface area contributed by atoms with E-state index in [2.05, 4.69) is 32.0 Å². The molecule has 1 saturated carbocycles. The van der Waals surface area contributed by atoms with Crippen molar-refractivity contribution in [3.63, 3.8) is 0 Å². The molecule has 128 valence electrons. The lowest BCUT2D eigenvalue weighted by Crippen LogP contribution is -2.42. The van der Waals surface area contributed by atoms with Gasteiger partial charge in [-0.05, 0) is 49.3 Å². The fraction of sp³-hybridized carbons (Fsp3) is 0.471. The summed E-state index contributed by atoms with van der Waals surface area (Å²) in [5.41, 5.74) is 1.15. The van der Waals surface area contributed by atoms with E-state index in [4.69, 9.17) is 0 Å². The number of nitrogens with zero attached hydrogens (tertiary/aromatic N) is 4. The lowest BCUT2D eigenvalue weighted by molar-refractivity contribution is 0.614. The van der Waals surface area contributed by atoms with Gasteiger partial charge in [0.25, 0.3) is 0 Å². The average Bonchev–Trinajstić information content (AvgIpc) is 3.30. The zero-order valence-corrected chi connectivity index (χ0v) is 15.0. The van der Waals surface area contributed by atoms with Crippen molar-refractivity contribution < 1.29 is 0 Å². The van der Waals surface area contributed by atoms with Crippen LogP contribution >= 0.6 is 11.8 Å². The van der Waals surface area contributed by atoms with Crippen molar-refractivity contribution in [2.75, 3.05) is 13.3 Å². The molecule has 0 aromatic carbocycles. The molecule has 0 saturated heterocycles. The molecule has 2 heterocycles. The largest absolute Gasteiger partial charge is 0.354 e. The van der Waals surface area contributed by atoms with Gasteiger partial charge in [-0.2, -0.15) is 16.9 Å². The molecule has 2 aromatic rings. The van der Waals surface area contributed by atoms with Crippen LogP contribution in [0.2, 0.25) is 0 Å². The molecule has 1 aliphatic carbocycles. The highest BCUT2D eigenvalue weighted by atomic mass is 32.2. The lowest BCUT2D eigenvalue weighted by atomic mass is 10.2. The second kappa shape index (κ2) is 8.19. The second-order valence-electron chi connectivity index (χ2n) is 5.91. The number of guanidine groups is 1. The molecule has 2 atom stereocenters. The molecule has 0 radical (unpaired) electrons. The zero-order valence-electron chi connectivity index (χ0n) is 14.1. The van der Waals surface area contributed by atoms with Crippen LogP contribution in [0, 0.1) is 0 Å². The van der Waals surface area contributed by atoms with E-state index >= 15 is 0 Å². The predicted molar refractivity (Wildman–Crippen MR) is 99.6 cm³/mol. The Morgan fingerprint density at radius 3 is 3.04 bits per heavy atom. The van der Waals surface area contributed by atoms with E-state index in [9.17, 15) is 0 Å². The Labute approximate surface area is 147 Å². The van der Waals surface area contributed by atoms with Crippen LogP contribution in [0.3, 0.4) is 0 Å². The summed E-state index contributed by atoms with van der Waals surface area (Å²) in [7, 11) is 1.82. The lowest BCUT2D eigenvalue weighted by Gasteiger charge is -2.17. The molecule has 3 rings (SSSR count). The van der Waals surface area contributed by atoms with Crippen LogP contribution < -0.4 is 10.6 Å². The second-order valence-corrected chi connectivity index (χ2v) is 7.05. The Bertz CT molecular complexity index is 669. The van der Waals surface area contributed by atoms with Crippen molar-refractivity contribution in [1.29, 1.82) is 0 Å². The minimum absolute atomic E-state index is 0.519. The minimum atomic E-state index is 0.519. The molecule has 1 aliphatic rings. The number of hydrogen-bond acceptors (Lipinski definition) is 4. The first-order valence-corrected chi connectivity index (χ1v) is 9.52. The van der Waals surface area contributed by atoms with Crippen LogP contribution in [-0.2, 0) is 6.54 Å². The van der Waals surface area contributed by atoms with Gasteiger partial charge in [0.1, 0.15) is 0 Å². The molecule has 7 heteroatoms. The van der Waals surface area contributed by atoms with Crippen molar-refractivity contribution in [2.24, 2.45) is 4.99 Å². The molecule has 0 amide bonds. The summed E-state index contributed by atoms with van der Waals surface area (Å²) in [5.74, 6) is 1.68. The van der Waals surface area contributed by atoms with Crippen molar-refractivity contribution in [3.8, 4) is 5.82 Å². The van der Waals surface area contributed by atoms with Crippen LogP contribution in [0.25, 0.3) is 5.82 Å². The third-order valence-electron chi connectivity index (χ3n) is 4.29. The van der Waals surface area contributed by atoms with E-state index in [-0.39, 0.29) is 0 Å². The van der Waals surface area contributed by atoms with Crippen molar-refractivity contribution in [3.05, 3.63) is 42.4 Å². The number of aliphatic imine (C=N–C) groups is 1. The molecule has 0 spiro atoms. The molecule has 2 aromatic heterocycles. The number of nitrogens with one attached hydrogen (secondary N) is 2. The molecule has 6 nitrogen and oxygen atoms in total. The SMILES string of the molecule is CN=C(NCc1ccnc(-n2cccn2)c1)NC1CCC(SC)C1. The molecule has 1 fully saturated rings.